The van der Waals surface area contributed by atoms with Gasteiger partial charge in [-0.05, 0) is 30.7 Å². The van der Waals surface area contributed by atoms with Crippen molar-refractivity contribution in [3.05, 3.63) is 77.5 Å². The van der Waals surface area contributed by atoms with E-state index in [1.54, 1.807) is 12.3 Å². The molecule has 0 aliphatic heterocycles. The van der Waals surface area contributed by atoms with Crippen molar-refractivity contribution in [1.82, 2.24) is 9.97 Å². The van der Waals surface area contributed by atoms with Crippen LogP contribution in [0.1, 0.15) is 16.7 Å². The molecule has 0 bridgehead atoms. The van der Waals surface area contributed by atoms with E-state index in [1.165, 1.54) is 11.1 Å². The number of nitrogens with one attached hydrogen (secondary N) is 2. The van der Waals surface area contributed by atoms with Gasteiger partial charge < -0.3 is 10.6 Å². The topological polar surface area (TPSA) is 73.6 Å². The minimum Gasteiger partial charge on any atom is -0.366 e. The monoisotopic (exact) mass is 315 g/mol. The van der Waals surface area contributed by atoms with Gasteiger partial charge in [0.25, 0.3) is 0 Å². The van der Waals surface area contributed by atoms with Crippen molar-refractivity contribution in [3.63, 3.8) is 0 Å². The van der Waals surface area contributed by atoms with E-state index >= 15 is 0 Å². The third kappa shape index (κ3) is 3.87. The lowest BCUT2D eigenvalue weighted by Gasteiger charge is -2.09. The first-order chi connectivity index (χ1) is 11.7. The van der Waals surface area contributed by atoms with Gasteiger partial charge in [-0.2, -0.15) is 10.2 Å². The zero-order chi connectivity index (χ0) is 16.8. The van der Waals surface area contributed by atoms with Crippen molar-refractivity contribution in [2.45, 2.75) is 13.5 Å². The Morgan fingerprint density at radius 3 is 2.62 bits per heavy atom. The van der Waals surface area contributed by atoms with Crippen molar-refractivity contribution in [2.75, 3.05) is 10.6 Å². The minimum absolute atomic E-state index is 0.451. The van der Waals surface area contributed by atoms with Crippen LogP contribution in [0.3, 0.4) is 0 Å². The number of anilines is 3. The number of nitrogens with zero attached hydrogens (tertiary/aromatic N) is 3. The van der Waals surface area contributed by atoms with Crippen molar-refractivity contribution in [2.24, 2.45) is 0 Å². The smallest absolute Gasteiger partial charge is 0.229 e. The molecule has 1 heterocycles. The van der Waals surface area contributed by atoms with Gasteiger partial charge in [0.1, 0.15) is 11.9 Å². The molecule has 1 aromatic heterocycles. The first kappa shape index (κ1) is 15.5. The molecular formula is C19H17N5. The highest BCUT2D eigenvalue weighted by molar-refractivity contribution is 5.63. The molecule has 2 aromatic carbocycles. The Balaban J connectivity index is 1.70. The van der Waals surface area contributed by atoms with Gasteiger partial charge in [-0.25, -0.2) is 4.98 Å². The molecule has 118 valence electrons. The van der Waals surface area contributed by atoms with Crippen molar-refractivity contribution < 1.29 is 0 Å². The maximum atomic E-state index is 9.14. The SMILES string of the molecule is Cc1ccc(CNc2ccnc(Nc3ccccc3C#N)n2)cc1. The maximum Gasteiger partial charge on any atom is 0.229 e. The summed E-state index contributed by atoms with van der Waals surface area (Å²) < 4.78 is 0. The standard InChI is InChI=1S/C19H17N5/c1-14-6-8-15(9-7-14)13-22-18-10-11-21-19(24-18)23-17-5-3-2-4-16(17)12-20/h2-11H,13H2,1H3,(H2,21,22,23,24). The van der Waals surface area contributed by atoms with Crippen LogP contribution in [-0.2, 0) is 6.54 Å². The van der Waals surface area contributed by atoms with Crippen molar-refractivity contribution in [3.8, 4) is 6.07 Å². The number of nitriles is 1. The number of benzene rings is 2. The largest absolute Gasteiger partial charge is 0.366 e. The van der Waals surface area contributed by atoms with E-state index in [-0.39, 0.29) is 0 Å². The summed E-state index contributed by atoms with van der Waals surface area (Å²) in [4.78, 5) is 8.64. The highest BCUT2D eigenvalue weighted by Crippen LogP contribution is 2.18. The van der Waals surface area contributed by atoms with Crippen LogP contribution in [0, 0.1) is 18.3 Å². The van der Waals surface area contributed by atoms with Crippen LogP contribution in [0.4, 0.5) is 17.5 Å². The normalized spacial score (nSPS) is 10.0. The number of hydrogen-bond acceptors (Lipinski definition) is 5. The Morgan fingerprint density at radius 2 is 1.83 bits per heavy atom. The predicted molar refractivity (Wildman–Crippen MR) is 95.0 cm³/mol. The van der Waals surface area contributed by atoms with Gasteiger partial charge >= 0.3 is 0 Å². The van der Waals surface area contributed by atoms with Gasteiger partial charge in [-0.3, -0.25) is 0 Å². The van der Waals surface area contributed by atoms with Gasteiger partial charge in [0.15, 0.2) is 0 Å². The second-order valence-electron chi connectivity index (χ2n) is 5.39. The van der Waals surface area contributed by atoms with Gasteiger partial charge in [-0.1, -0.05) is 42.0 Å². The molecule has 0 atom stereocenters. The Bertz CT molecular complexity index is 865. The van der Waals surface area contributed by atoms with Gasteiger partial charge in [0.05, 0.1) is 11.3 Å². The fourth-order valence-corrected chi connectivity index (χ4v) is 2.23. The van der Waals surface area contributed by atoms with E-state index in [0.717, 1.165) is 5.82 Å². The first-order valence-electron chi connectivity index (χ1n) is 7.63. The summed E-state index contributed by atoms with van der Waals surface area (Å²) in [6, 6.07) is 19.6. The molecule has 0 fully saturated rings. The Hall–Kier alpha value is -3.39. The summed E-state index contributed by atoms with van der Waals surface area (Å²) in [5.74, 6) is 1.18. The van der Waals surface area contributed by atoms with Crippen LogP contribution in [0.5, 0.6) is 0 Å². The summed E-state index contributed by atoms with van der Waals surface area (Å²) in [5, 5.41) is 15.5. The van der Waals surface area contributed by atoms with Crippen LogP contribution >= 0.6 is 0 Å². The van der Waals surface area contributed by atoms with Crippen LogP contribution in [-0.4, -0.2) is 9.97 Å². The second-order valence-corrected chi connectivity index (χ2v) is 5.39. The highest BCUT2D eigenvalue weighted by atomic mass is 15.1. The van der Waals surface area contributed by atoms with E-state index in [9.17, 15) is 0 Å². The van der Waals surface area contributed by atoms with Gasteiger partial charge in [0, 0.05) is 12.7 Å². The number of aromatic nitrogens is 2. The summed E-state index contributed by atoms with van der Waals surface area (Å²) >= 11 is 0. The van der Waals surface area contributed by atoms with Crippen LogP contribution in [0.2, 0.25) is 0 Å². The molecule has 5 heteroatoms. The van der Waals surface area contributed by atoms with E-state index in [4.69, 9.17) is 5.26 Å². The summed E-state index contributed by atoms with van der Waals surface area (Å²) in [6.45, 7) is 2.75. The average molecular weight is 315 g/mol. The molecule has 0 unspecified atom stereocenters. The molecule has 2 N–H and O–H groups in total. The van der Waals surface area contributed by atoms with E-state index in [0.29, 0.717) is 23.7 Å². The number of aryl methyl sites for hydroxylation is 1. The third-order valence-electron chi connectivity index (χ3n) is 3.54. The number of rotatable bonds is 5. The minimum atomic E-state index is 0.451. The lowest BCUT2D eigenvalue weighted by molar-refractivity contribution is 1.08. The van der Waals surface area contributed by atoms with E-state index in [2.05, 4.69) is 57.9 Å². The predicted octanol–water partition coefficient (Wildman–Crippen LogP) is 4.01. The van der Waals surface area contributed by atoms with Crippen LogP contribution in [0.25, 0.3) is 0 Å². The van der Waals surface area contributed by atoms with Gasteiger partial charge in [-0.15, -0.1) is 0 Å². The summed E-state index contributed by atoms with van der Waals surface area (Å²) in [6.07, 6.45) is 1.68. The fraction of sp³-hybridized carbons (Fsp3) is 0.105. The van der Waals surface area contributed by atoms with Gasteiger partial charge in [0.2, 0.25) is 5.95 Å². The molecule has 0 radical (unpaired) electrons. The summed E-state index contributed by atoms with van der Waals surface area (Å²) in [5.41, 5.74) is 3.67. The highest BCUT2D eigenvalue weighted by Gasteiger charge is 2.04. The van der Waals surface area contributed by atoms with Crippen LogP contribution in [0.15, 0.2) is 60.8 Å². The molecule has 0 saturated carbocycles. The van der Waals surface area contributed by atoms with E-state index in [1.807, 2.05) is 24.3 Å². The Labute approximate surface area is 141 Å². The Morgan fingerprint density at radius 1 is 1.04 bits per heavy atom. The molecule has 24 heavy (non-hydrogen) atoms. The zero-order valence-electron chi connectivity index (χ0n) is 13.3. The zero-order valence-corrected chi connectivity index (χ0v) is 13.3. The molecule has 3 aromatic rings. The molecule has 0 saturated heterocycles. The van der Waals surface area contributed by atoms with Crippen molar-refractivity contribution >= 4 is 17.5 Å². The third-order valence-corrected chi connectivity index (χ3v) is 3.54. The maximum absolute atomic E-state index is 9.14. The molecule has 3 rings (SSSR count). The quantitative estimate of drug-likeness (QED) is 0.744. The molecule has 5 nitrogen and oxygen atoms in total. The lowest BCUT2D eigenvalue weighted by atomic mass is 10.1. The molecule has 0 aliphatic rings. The summed E-state index contributed by atoms with van der Waals surface area (Å²) in [7, 11) is 0. The van der Waals surface area contributed by atoms with E-state index < -0.39 is 0 Å². The van der Waals surface area contributed by atoms with Crippen LogP contribution < -0.4 is 10.6 Å². The fourth-order valence-electron chi connectivity index (χ4n) is 2.23. The lowest BCUT2D eigenvalue weighted by Crippen LogP contribution is -2.04. The Kier molecular flexibility index (Phi) is 4.68. The number of hydrogen-bond donors (Lipinski definition) is 2. The van der Waals surface area contributed by atoms with Crippen molar-refractivity contribution in [1.29, 1.82) is 5.26 Å². The molecule has 0 spiro atoms. The average Bonchev–Trinajstić information content (AvgIpc) is 2.62. The molecule has 0 amide bonds. The first-order valence-corrected chi connectivity index (χ1v) is 7.63. The number of para-hydroxylation sites is 1. The second kappa shape index (κ2) is 7.25. The molecule has 0 aliphatic carbocycles. The molecular weight excluding hydrogens is 298 g/mol.